The van der Waals surface area contributed by atoms with E-state index in [1.807, 2.05) is 54.0 Å². The molecule has 0 bridgehead atoms. The molecule has 0 atom stereocenters. The van der Waals surface area contributed by atoms with Gasteiger partial charge in [-0.3, -0.25) is 0 Å². The number of fused-ring (bicyclic) bond motifs is 1. The summed E-state index contributed by atoms with van der Waals surface area (Å²) >= 11 is 4.35. The number of benzene rings is 1. The number of thiol groups is 1. The first-order valence-corrected chi connectivity index (χ1v) is 6.37. The van der Waals surface area contributed by atoms with Gasteiger partial charge in [-0.25, -0.2) is 9.50 Å². The number of aromatic nitrogens is 3. The number of hydrogen-bond acceptors (Lipinski definition) is 4. The van der Waals surface area contributed by atoms with E-state index in [4.69, 9.17) is 0 Å². The van der Waals surface area contributed by atoms with Gasteiger partial charge in [-0.2, -0.15) is 5.10 Å². The molecule has 0 spiro atoms. The molecule has 0 radical (unpaired) electrons. The van der Waals surface area contributed by atoms with E-state index in [9.17, 15) is 0 Å². The molecule has 0 amide bonds. The van der Waals surface area contributed by atoms with Crippen LogP contribution in [0.1, 0.15) is 5.69 Å². The first kappa shape index (κ1) is 13.6. The molecule has 0 aliphatic rings. The van der Waals surface area contributed by atoms with E-state index in [-0.39, 0.29) is 0 Å². The molecule has 3 aromatic rings. The number of imidazole rings is 1. The lowest BCUT2D eigenvalue weighted by Gasteiger charge is -2.02. The molecule has 0 saturated carbocycles. The SMILES string of the molecule is CN.Cc1ccc2ncc(-c3cccc(S)c3)n2n1. The summed E-state index contributed by atoms with van der Waals surface area (Å²) in [5, 5.41) is 4.47. The van der Waals surface area contributed by atoms with Crippen LogP contribution in [0.5, 0.6) is 0 Å². The van der Waals surface area contributed by atoms with Crippen molar-refractivity contribution < 1.29 is 0 Å². The summed E-state index contributed by atoms with van der Waals surface area (Å²) in [6, 6.07) is 11.9. The van der Waals surface area contributed by atoms with E-state index in [2.05, 4.69) is 28.4 Å². The van der Waals surface area contributed by atoms with Gasteiger partial charge in [0, 0.05) is 10.5 Å². The second-order valence-electron chi connectivity index (χ2n) is 3.94. The van der Waals surface area contributed by atoms with Crippen molar-refractivity contribution in [3.05, 3.63) is 48.3 Å². The highest BCUT2D eigenvalue weighted by molar-refractivity contribution is 7.80. The van der Waals surface area contributed by atoms with Gasteiger partial charge in [-0.1, -0.05) is 12.1 Å². The molecule has 0 saturated heterocycles. The van der Waals surface area contributed by atoms with Gasteiger partial charge in [0.05, 0.1) is 17.6 Å². The van der Waals surface area contributed by atoms with Gasteiger partial charge in [0.1, 0.15) is 0 Å². The Labute approximate surface area is 117 Å². The molecule has 0 unspecified atom stereocenters. The Hall–Kier alpha value is -1.85. The summed E-state index contributed by atoms with van der Waals surface area (Å²) in [4.78, 5) is 5.28. The van der Waals surface area contributed by atoms with Crippen LogP contribution < -0.4 is 5.73 Å². The number of nitrogens with zero attached hydrogens (tertiary/aromatic N) is 3. The van der Waals surface area contributed by atoms with Gasteiger partial charge in [-0.05, 0) is 38.2 Å². The van der Waals surface area contributed by atoms with E-state index in [0.717, 1.165) is 27.5 Å². The zero-order valence-corrected chi connectivity index (χ0v) is 11.8. The number of rotatable bonds is 1. The van der Waals surface area contributed by atoms with Gasteiger partial charge >= 0.3 is 0 Å². The molecule has 2 aromatic heterocycles. The third-order valence-electron chi connectivity index (χ3n) is 2.64. The summed E-state index contributed by atoms with van der Waals surface area (Å²) in [5.41, 5.74) is 8.39. The normalized spacial score (nSPS) is 10.1. The molecule has 4 nitrogen and oxygen atoms in total. The first-order chi connectivity index (χ1) is 9.24. The van der Waals surface area contributed by atoms with Crippen molar-refractivity contribution in [3.63, 3.8) is 0 Å². The first-order valence-electron chi connectivity index (χ1n) is 5.92. The molecule has 0 aliphatic carbocycles. The lowest BCUT2D eigenvalue weighted by molar-refractivity contribution is 0.907. The predicted molar refractivity (Wildman–Crippen MR) is 80.5 cm³/mol. The maximum atomic E-state index is 4.50. The summed E-state index contributed by atoms with van der Waals surface area (Å²) in [6.07, 6.45) is 1.84. The molecule has 19 heavy (non-hydrogen) atoms. The Morgan fingerprint density at radius 3 is 2.68 bits per heavy atom. The van der Waals surface area contributed by atoms with Crippen LogP contribution in [0.4, 0.5) is 0 Å². The quantitative estimate of drug-likeness (QED) is 0.669. The molecular weight excluding hydrogens is 256 g/mol. The van der Waals surface area contributed by atoms with Crippen LogP contribution in [-0.2, 0) is 0 Å². The minimum atomic E-state index is 0.857. The fraction of sp³-hybridized carbons (Fsp3) is 0.143. The highest BCUT2D eigenvalue weighted by atomic mass is 32.1. The van der Waals surface area contributed by atoms with Crippen molar-refractivity contribution in [3.8, 4) is 11.3 Å². The van der Waals surface area contributed by atoms with Gasteiger partial charge in [0.15, 0.2) is 5.65 Å². The van der Waals surface area contributed by atoms with Crippen molar-refractivity contribution >= 4 is 18.3 Å². The van der Waals surface area contributed by atoms with E-state index in [0.29, 0.717) is 0 Å². The Balaban J connectivity index is 0.000000637. The standard InChI is InChI=1S/C13H11N3S.CH5N/c1-9-5-6-13-14-8-12(16(13)15-9)10-3-2-4-11(17)7-10;1-2/h2-8,17H,1H3;2H2,1H3. The lowest BCUT2D eigenvalue weighted by atomic mass is 10.2. The van der Waals surface area contributed by atoms with Crippen molar-refractivity contribution in [2.24, 2.45) is 5.73 Å². The van der Waals surface area contributed by atoms with E-state index in [1.165, 1.54) is 7.05 Å². The minimum absolute atomic E-state index is 0.857. The van der Waals surface area contributed by atoms with Crippen LogP contribution in [-0.4, -0.2) is 21.6 Å². The van der Waals surface area contributed by atoms with Crippen LogP contribution in [0.25, 0.3) is 16.9 Å². The fourth-order valence-corrected chi connectivity index (χ4v) is 2.05. The Bertz CT molecular complexity index is 691. The van der Waals surface area contributed by atoms with E-state index in [1.54, 1.807) is 0 Å². The molecule has 0 fully saturated rings. The second-order valence-corrected chi connectivity index (χ2v) is 4.45. The van der Waals surface area contributed by atoms with Crippen LogP contribution in [0, 0.1) is 6.92 Å². The van der Waals surface area contributed by atoms with Gasteiger partial charge < -0.3 is 5.73 Å². The Morgan fingerprint density at radius 2 is 1.95 bits per heavy atom. The smallest absolute Gasteiger partial charge is 0.154 e. The third-order valence-corrected chi connectivity index (χ3v) is 2.92. The summed E-state index contributed by atoms with van der Waals surface area (Å²) in [7, 11) is 1.50. The zero-order chi connectivity index (χ0) is 13.8. The van der Waals surface area contributed by atoms with E-state index >= 15 is 0 Å². The van der Waals surface area contributed by atoms with Crippen molar-refractivity contribution in [2.45, 2.75) is 11.8 Å². The molecule has 2 N–H and O–H groups in total. The predicted octanol–water partition coefficient (Wildman–Crippen LogP) is 2.57. The lowest BCUT2D eigenvalue weighted by Crippen LogP contribution is -1.95. The van der Waals surface area contributed by atoms with Crippen molar-refractivity contribution in [2.75, 3.05) is 7.05 Å². The molecule has 0 aliphatic heterocycles. The molecular formula is C14H16N4S. The third kappa shape index (κ3) is 2.77. The fourth-order valence-electron chi connectivity index (χ4n) is 1.83. The van der Waals surface area contributed by atoms with Crippen LogP contribution in [0.15, 0.2) is 47.5 Å². The monoisotopic (exact) mass is 272 g/mol. The zero-order valence-electron chi connectivity index (χ0n) is 10.9. The van der Waals surface area contributed by atoms with Crippen LogP contribution in [0.2, 0.25) is 0 Å². The topological polar surface area (TPSA) is 56.2 Å². The average Bonchev–Trinajstić information content (AvgIpc) is 2.84. The van der Waals surface area contributed by atoms with Crippen molar-refractivity contribution in [1.82, 2.24) is 14.6 Å². The van der Waals surface area contributed by atoms with E-state index < -0.39 is 0 Å². The maximum Gasteiger partial charge on any atom is 0.154 e. The maximum absolute atomic E-state index is 4.50. The summed E-state index contributed by atoms with van der Waals surface area (Å²) < 4.78 is 1.86. The molecule has 98 valence electrons. The second kappa shape index (κ2) is 5.86. The van der Waals surface area contributed by atoms with Gasteiger partial charge in [-0.15, -0.1) is 12.6 Å². The molecule has 5 heteroatoms. The highest BCUT2D eigenvalue weighted by Crippen LogP contribution is 2.22. The summed E-state index contributed by atoms with van der Waals surface area (Å²) in [5.74, 6) is 0. The number of aryl methyl sites for hydroxylation is 1. The number of hydrogen-bond donors (Lipinski definition) is 2. The molecule has 2 heterocycles. The summed E-state index contributed by atoms with van der Waals surface area (Å²) in [6.45, 7) is 1.97. The Morgan fingerprint density at radius 1 is 1.16 bits per heavy atom. The largest absolute Gasteiger partial charge is 0.333 e. The number of nitrogens with two attached hydrogens (primary N) is 1. The van der Waals surface area contributed by atoms with Crippen LogP contribution in [0.3, 0.4) is 0 Å². The van der Waals surface area contributed by atoms with Gasteiger partial charge in [0.25, 0.3) is 0 Å². The highest BCUT2D eigenvalue weighted by Gasteiger charge is 2.06. The van der Waals surface area contributed by atoms with Gasteiger partial charge in [0.2, 0.25) is 0 Å². The Kier molecular flexibility index (Phi) is 4.19. The average molecular weight is 272 g/mol. The van der Waals surface area contributed by atoms with Crippen LogP contribution >= 0.6 is 12.6 Å². The minimum Gasteiger partial charge on any atom is -0.333 e. The molecule has 3 rings (SSSR count). The van der Waals surface area contributed by atoms with Crippen molar-refractivity contribution in [1.29, 1.82) is 0 Å². The molecule has 1 aromatic carbocycles.